The second-order valence-corrected chi connectivity index (χ2v) is 3.60. The van der Waals surface area contributed by atoms with Crippen molar-refractivity contribution in [3.8, 4) is 0 Å². The van der Waals surface area contributed by atoms with Crippen molar-refractivity contribution in [2.75, 3.05) is 6.54 Å². The number of aryl methyl sites for hydroxylation is 1. The molecule has 0 saturated heterocycles. The molecule has 1 fully saturated rings. The molecule has 1 aliphatic rings. The second kappa shape index (κ2) is 4.37. The normalized spacial score (nSPS) is 17.2. The van der Waals surface area contributed by atoms with Crippen LogP contribution < -0.4 is 5.32 Å². The van der Waals surface area contributed by atoms with Gasteiger partial charge in [0.2, 0.25) is 0 Å². The maximum absolute atomic E-state index is 3.91. The van der Waals surface area contributed by atoms with Crippen molar-refractivity contribution in [3.63, 3.8) is 0 Å². The van der Waals surface area contributed by atoms with Crippen LogP contribution in [0.25, 0.3) is 0 Å². The zero-order valence-corrected chi connectivity index (χ0v) is 7.82. The monoisotopic (exact) mass is 180 g/mol. The fourth-order valence-corrected chi connectivity index (χ4v) is 1.51. The fourth-order valence-electron chi connectivity index (χ4n) is 1.51. The molecule has 1 saturated carbocycles. The Morgan fingerprint density at radius 2 is 2.38 bits per heavy atom. The summed E-state index contributed by atoms with van der Waals surface area (Å²) in [4.78, 5) is 0. The van der Waals surface area contributed by atoms with E-state index in [-0.39, 0.29) is 0 Å². The maximum atomic E-state index is 3.91. The molecule has 72 valence electrons. The van der Waals surface area contributed by atoms with E-state index in [2.05, 4.69) is 15.6 Å². The first-order chi connectivity index (χ1) is 6.45. The molecule has 1 aliphatic carbocycles. The molecule has 4 nitrogen and oxygen atoms in total. The van der Waals surface area contributed by atoms with Gasteiger partial charge in [-0.25, -0.2) is 0 Å². The van der Waals surface area contributed by atoms with Crippen LogP contribution in [0.1, 0.15) is 25.7 Å². The van der Waals surface area contributed by atoms with Crippen molar-refractivity contribution < 1.29 is 0 Å². The van der Waals surface area contributed by atoms with Crippen molar-refractivity contribution >= 4 is 0 Å². The molecule has 1 heterocycles. The summed E-state index contributed by atoms with van der Waals surface area (Å²) in [5.74, 6) is 0. The third kappa shape index (κ3) is 2.52. The average Bonchev–Trinajstić information content (AvgIpc) is 2.53. The summed E-state index contributed by atoms with van der Waals surface area (Å²) in [5, 5.41) is 11.2. The molecule has 0 amide bonds. The Morgan fingerprint density at radius 1 is 1.46 bits per heavy atom. The van der Waals surface area contributed by atoms with Crippen LogP contribution in [0.3, 0.4) is 0 Å². The summed E-state index contributed by atoms with van der Waals surface area (Å²) < 4.78 is 1.88. The first kappa shape index (κ1) is 8.69. The molecule has 13 heavy (non-hydrogen) atoms. The second-order valence-electron chi connectivity index (χ2n) is 3.60. The highest BCUT2D eigenvalue weighted by molar-refractivity contribution is 4.75. The van der Waals surface area contributed by atoms with Gasteiger partial charge in [-0.15, -0.1) is 5.10 Å². The van der Waals surface area contributed by atoms with Crippen LogP contribution in [0.2, 0.25) is 0 Å². The van der Waals surface area contributed by atoms with Gasteiger partial charge in [0.1, 0.15) is 0 Å². The van der Waals surface area contributed by atoms with Crippen LogP contribution in [-0.4, -0.2) is 27.6 Å². The highest BCUT2D eigenvalue weighted by Crippen LogP contribution is 2.17. The summed E-state index contributed by atoms with van der Waals surface area (Å²) in [6.45, 7) is 2.07. The van der Waals surface area contributed by atoms with Crippen molar-refractivity contribution in [2.45, 2.75) is 38.3 Å². The van der Waals surface area contributed by atoms with Crippen LogP contribution in [0.5, 0.6) is 0 Å². The third-order valence-electron chi connectivity index (χ3n) is 2.57. The van der Waals surface area contributed by atoms with Gasteiger partial charge < -0.3 is 5.32 Å². The van der Waals surface area contributed by atoms with Crippen LogP contribution in [0.15, 0.2) is 12.4 Å². The highest BCUT2D eigenvalue weighted by atomic mass is 15.4. The van der Waals surface area contributed by atoms with Crippen LogP contribution in [-0.2, 0) is 6.54 Å². The molecule has 1 N–H and O–H groups in total. The lowest BCUT2D eigenvalue weighted by Gasteiger charge is -2.26. The van der Waals surface area contributed by atoms with Crippen molar-refractivity contribution in [1.82, 2.24) is 20.3 Å². The Morgan fingerprint density at radius 3 is 3.00 bits per heavy atom. The van der Waals surface area contributed by atoms with Gasteiger partial charge in [-0.3, -0.25) is 4.68 Å². The molecule has 0 bridgehead atoms. The molecule has 0 radical (unpaired) electrons. The molecule has 1 aromatic rings. The summed E-state index contributed by atoms with van der Waals surface area (Å²) in [7, 11) is 0. The number of hydrogen-bond acceptors (Lipinski definition) is 3. The number of nitrogens with zero attached hydrogens (tertiary/aromatic N) is 3. The van der Waals surface area contributed by atoms with E-state index in [1.807, 2.05) is 10.9 Å². The van der Waals surface area contributed by atoms with Crippen LogP contribution in [0.4, 0.5) is 0 Å². The van der Waals surface area contributed by atoms with Crippen molar-refractivity contribution in [3.05, 3.63) is 12.4 Å². The number of rotatable bonds is 5. The highest BCUT2D eigenvalue weighted by Gasteiger charge is 2.15. The zero-order chi connectivity index (χ0) is 8.93. The number of aromatic nitrogens is 3. The quantitative estimate of drug-likeness (QED) is 0.682. The van der Waals surface area contributed by atoms with E-state index >= 15 is 0 Å². The van der Waals surface area contributed by atoms with Gasteiger partial charge in [-0.1, -0.05) is 11.6 Å². The molecule has 4 heteroatoms. The van der Waals surface area contributed by atoms with E-state index in [9.17, 15) is 0 Å². The Kier molecular flexibility index (Phi) is 2.92. The van der Waals surface area contributed by atoms with Gasteiger partial charge in [0.05, 0.1) is 6.20 Å². The largest absolute Gasteiger partial charge is 0.314 e. The molecule has 0 aliphatic heterocycles. The van der Waals surface area contributed by atoms with Gasteiger partial charge in [0, 0.05) is 18.8 Å². The predicted octanol–water partition coefficient (Wildman–Crippen LogP) is 0.810. The van der Waals surface area contributed by atoms with E-state index < -0.39 is 0 Å². The zero-order valence-electron chi connectivity index (χ0n) is 7.82. The van der Waals surface area contributed by atoms with Crippen LogP contribution >= 0.6 is 0 Å². The molecule has 1 aromatic heterocycles. The first-order valence-electron chi connectivity index (χ1n) is 5.02. The number of nitrogens with one attached hydrogen (secondary N) is 1. The van der Waals surface area contributed by atoms with Crippen molar-refractivity contribution in [1.29, 1.82) is 0 Å². The first-order valence-corrected chi connectivity index (χ1v) is 5.02. The fraction of sp³-hybridized carbons (Fsp3) is 0.778. The Balaban J connectivity index is 1.53. The molecule has 0 aromatic carbocycles. The SMILES string of the molecule is c1cn(CCCNC2CCC2)nn1. The van der Waals surface area contributed by atoms with Gasteiger partial charge in [-0.05, 0) is 25.8 Å². The smallest absolute Gasteiger partial charge is 0.0692 e. The lowest BCUT2D eigenvalue weighted by molar-refractivity contribution is 0.334. The lowest BCUT2D eigenvalue weighted by Crippen LogP contribution is -2.35. The lowest BCUT2D eigenvalue weighted by atomic mass is 9.93. The minimum atomic E-state index is 0.802. The van der Waals surface area contributed by atoms with Gasteiger partial charge in [-0.2, -0.15) is 0 Å². The summed E-state index contributed by atoms with van der Waals surface area (Å²) in [6, 6.07) is 0.802. The molecule has 0 unspecified atom stereocenters. The minimum absolute atomic E-state index is 0.802. The van der Waals surface area contributed by atoms with E-state index in [1.54, 1.807) is 6.20 Å². The van der Waals surface area contributed by atoms with Gasteiger partial charge in [0.15, 0.2) is 0 Å². The molecule has 0 spiro atoms. The predicted molar refractivity (Wildman–Crippen MR) is 50.3 cm³/mol. The molecule has 0 atom stereocenters. The summed E-state index contributed by atoms with van der Waals surface area (Å²) in [6.07, 6.45) is 8.90. The van der Waals surface area contributed by atoms with E-state index in [4.69, 9.17) is 0 Å². The molecule has 2 rings (SSSR count). The van der Waals surface area contributed by atoms with E-state index in [0.717, 1.165) is 25.6 Å². The maximum Gasteiger partial charge on any atom is 0.0692 e. The number of hydrogen-bond donors (Lipinski definition) is 1. The Labute approximate surface area is 78.3 Å². The topological polar surface area (TPSA) is 42.7 Å². The van der Waals surface area contributed by atoms with Crippen molar-refractivity contribution in [2.24, 2.45) is 0 Å². The molecular weight excluding hydrogens is 164 g/mol. The Hall–Kier alpha value is -0.900. The summed E-state index contributed by atoms with van der Waals surface area (Å²) >= 11 is 0. The molecular formula is C9H16N4. The standard InChI is InChI=1S/C9H16N4/c1-3-9(4-1)10-5-2-7-13-8-6-11-12-13/h6,8-10H,1-5,7H2. The average molecular weight is 180 g/mol. The third-order valence-corrected chi connectivity index (χ3v) is 2.57. The van der Waals surface area contributed by atoms with Gasteiger partial charge in [0.25, 0.3) is 0 Å². The van der Waals surface area contributed by atoms with Crippen LogP contribution in [0, 0.1) is 0 Å². The van der Waals surface area contributed by atoms with E-state index in [0.29, 0.717) is 0 Å². The summed E-state index contributed by atoms with van der Waals surface area (Å²) in [5.41, 5.74) is 0. The Bertz CT molecular complexity index is 228. The van der Waals surface area contributed by atoms with E-state index in [1.165, 1.54) is 19.3 Å². The minimum Gasteiger partial charge on any atom is -0.314 e. The van der Waals surface area contributed by atoms with Gasteiger partial charge >= 0.3 is 0 Å².